The number of amides is 1. The molecule has 2 aromatic rings. The van der Waals surface area contributed by atoms with Crippen LogP contribution in [-0.4, -0.2) is 35.0 Å². The molecule has 1 aromatic carbocycles. The van der Waals surface area contributed by atoms with Crippen molar-refractivity contribution in [1.29, 1.82) is 0 Å². The van der Waals surface area contributed by atoms with E-state index in [1.165, 1.54) is 10.9 Å². The number of thioether (sulfide) groups is 1. The highest BCUT2D eigenvalue weighted by molar-refractivity contribution is 7.98. The first-order chi connectivity index (χ1) is 9.58. The average molecular weight is 292 g/mol. The van der Waals surface area contributed by atoms with Crippen LogP contribution in [0.15, 0.2) is 23.1 Å². The number of nitrogens with zero attached hydrogens (tertiary/aromatic N) is 1. The Morgan fingerprint density at radius 1 is 1.45 bits per heavy atom. The van der Waals surface area contributed by atoms with Crippen LogP contribution in [0.25, 0.3) is 10.9 Å². The average Bonchev–Trinajstić information content (AvgIpc) is 2.68. The van der Waals surface area contributed by atoms with Gasteiger partial charge in [0.15, 0.2) is 0 Å². The largest absolute Gasteiger partial charge is 0.395 e. The van der Waals surface area contributed by atoms with E-state index in [4.69, 9.17) is 5.11 Å². The summed E-state index contributed by atoms with van der Waals surface area (Å²) >= 11 is 1.67. The highest BCUT2D eigenvalue weighted by atomic mass is 32.2. The Kier molecular flexibility index (Phi) is 4.73. The third kappa shape index (κ3) is 2.83. The lowest BCUT2D eigenvalue weighted by atomic mass is 10.2. The number of aliphatic hydroxyl groups excluding tert-OH is 1. The zero-order chi connectivity index (χ0) is 14.7. The van der Waals surface area contributed by atoms with Crippen molar-refractivity contribution in [3.8, 4) is 0 Å². The number of aryl methyl sites for hydroxylation is 2. The lowest BCUT2D eigenvalue weighted by Crippen LogP contribution is -2.28. The van der Waals surface area contributed by atoms with Crippen molar-refractivity contribution in [2.24, 2.45) is 7.05 Å². The van der Waals surface area contributed by atoms with E-state index in [1.54, 1.807) is 11.8 Å². The van der Waals surface area contributed by atoms with Crippen molar-refractivity contribution >= 4 is 28.6 Å². The zero-order valence-electron chi connectivity index (χ0n) is 12.1. The third-order valence-electron chi connectivity index (χ3n) is 3.39. The van der Waals surface area contributed by atoms with Crippen molar-refractivity contribution < 1.29 is 9.90 Å². The molecule has 4 nitrogen and oxygen atoms in total. The van der Waals surface area contributed by atoms with Crippen LogP contribution in [0.4, 0.5) is 0 Å². The van der Waals surface area contributed by atoms with Gasteiger partial charge in [0.2, 0.25) is 5.91 Å². The molecule has 0 unspecified atom stereocenters. The molecule has 0 bridgehead atoms. The summed E-state index contributed by atoms with van der Waals surface area (Å²) < 4.78 is 2.08. The summed E-state index contributed by atoms with van der Waals surface area (Å²) in [4.78, 5) is 13.0. The number of carbonyl (C=O) groups is 1. The Morgan fingerprint density at radius 2 is 2.20 bits per heavy atom. The van der Waals surface area contributed by atoms with Crippen LogP contribution in [0, 0.1) is 6.92 Å². The Hall–Kier alpha value is -1.46. The minimum atomic E-state index is -0.0584. The van der Waals surface area contributed by atoms with Gasteiger partial charge in [-0.05, 0) is 25.3 Å². The molecule has 0 saturated carbocycles. The van der Waals surface area contributed by atoms with Crippen LogP contribution < -0.4 is 5.32 Å². The topological polar surface area (TPSA) is 54.3 Å². The van der Waals surface area contributed by atoms with Gasteiger partial charge in [-0.25, -0.2) is 0 Å². The third-order valence-corrected chi connectivity index (χ3v) is 4.25. The first kappa shape index (κ1) is 14.9. The number of aliphatic hydroxyl groups is 1. The zero-order valence-corrected chi connectivity index (χ0v) is 12.9. The number of aromatic nitrogens is 1. The van der Waals surface area contributed by atoms with Crippen LogP contribution in [0.2, 0.25) is 0 Å². The molecule has 2 N–H and O–H groups in total. The maximum absolute atomic E-state index is 11.9. The quantitative estimate of drug-likeness (QED) is 0.827. The van der Waals surface area contributed by atoms with E-state index in [9.17, 15) is 4.79 Å². The van der Waals surface area contributed by atoms with Crippen LogP contribution in [0.3, 0.4) is 0 Å². The molecule has 5 heteroatoms. The van der Waals surface area contributed by atoms with Gasteiger partial charge in [0, 0.05) is 35.1 Å². The minimum absolute atomic E-state index is 0.0323. The van der Waals surface area contributed by atoms with Crippen molar-refractivity contribution in [2.75, 3.05) is 19.4 Å². The molecule has 0 atom stereocenters. The number of nitrogens with one attached hydrogen (secondary N) is 1. The van der Waals surface area contributed by atoms with Gasteiger partial charge in [0.25, 0.3) is 0 Å². The number of rotatable bonds is 5. The molecule has 1 aromatic heterocycles. The summed E-state index contributed by atoms with van der Waals surface area (Å²) in [6.07, 6.45) is 2.37. The summed E-state index contributed by atoms with van der Waals surface area (Å²) in [6, 6.07) is 6.35. The van der Waals surface area contributed by atoms with E-state index >= 15 is 0 Å². The van der Waals surface area contributed by atoms with Gasteiger partial charge in [-0.2, -0.15) is 0 Å². The summed E-state index contributed by atoms with van der Waals surface area (Å²) in [6.45, 7) is 2.34. The predicted octanol–water partition coefficient (Wildman–Crippen LogP) is 1.86. The van der Waals surface area contributed by atoms with Crippen molar-refractivity contribution in [3.05, 3.63) is 29.5 Å². The van der Waals surface area contributed by atoms with E-state index in [1.807, 2.05) is 13.3 Å². The molecule has 1 amide bonds. The smallest absolute Gasteiger partial charge is 0.226 e. The van der Waals surface area contributed by atoms with E-state index in [-0.39, 0.29) is 12.5 Å². The number of hydrogen-bond acceptors (Lipinski definition) is 3. The standard InChI is InChI=1S/C15H20N2O2S/c1-10-4-5-12-11(8-10)15(20-3)13(17(12)2)9-14(19)16-6-7-18/h4-5,8,18H,6-7,9H2,1-3H3,(H,16,19). The monoisotopic (exact) mass is 292 g/mol. The molecular formula is C15H20N2O2S. The van der Waals surface area contributed by atoms with Crippen molar-refractivity contribution in [2.45, 2.75) is 18.2 Å². The fraction of sp³-hybridized carbons (Fsp3) is 0.400. The molecule has 0 aliphatic carbocycles. The van der Waals surface area contributed by atoms with Gasteiger partial charge in [-0.1, -0.05) is 11.6 Å². The summed E-state index contributed by atoms with van der Waals surface area (Å²) in [5.41, 5.74) is 3.38. The molecular weight excluding hydrogens is 272 g/mol. The van der Waals surface area contributed by atoms with Crippen LogP contribution in [0.5, 0.6) is 0 Å². The molecule has 0 saturated heterocycles. The Balaban J connectivity index is 2.42. The molecule has 1 heterocycles. The second kappa shape index (κ2) is 6.33. The number of benzene rings is 1. The maximum Gasteiger partial charge on any atom is 0.226 e. The lowest BCUT2D eigenvalue weighted by molar-refractivity contribution is -0.120. The second-order valence-electron chi connectivity index (χ2n) is 4.81. The summed E-state index contributed by atoms with van der Waals surface area (Å²) in [5, 5.41) is 12.7. The fourth-order valence-electron chi connectivity index (χ4n) is 2.41. The van der Waals surface area contributed by atoms with E-state index < -0.39 is 0 Å². The number of carbonyl (C=O) groups excluding carboxylic acids is 1. The normalized spacial score (nSPS) is 11.0. The Labute approximate surface area is 123 Å². The number of fused-ring (bicyclic) bond motifs is 1. The van der Waals surface area contributed by atoms with Gasteiger partial charge in [0.05, 0.1) is 13.0 Å². The molecule has 2 rings (SSSR count). The van der Waals surface area contributed by atoms with Crippen molar-refractivity contribution in [1.82, 2.24) is 9.88 Å². The van der Waals surface area contributed by atoms with E-state index in [0.717, 1.165) is 16.1 Å². The fourth-order valence-corrected chi connectivity index (χ4v) is 3.24. The molecule has 20 heavy (non-hydrogen) atoms. The van der Waals surface area contributed by atoms with E-state index in [0.29, 0.717) is 13.0 Å². The van der Waals surface area contributed by atoms with Gasteiger partial charge in [-0.3, -0.25) is 4.79 Å². The molecule has 0 radical (unpaired) electrons. The lowest BCUT2D eigenvalue weighted by Gasteiger charge is -2.07. The van der Waals surface area contributed by atoms with Crippen LogP contribution in [-0.2, 0) is 18.3 Å². The Morgan fingerprint density at radius 3 is 2.85 bits per heavy atom. The molecule has 0 spiro atoms. The molecule has 0 aliphatic rings. The molecule has 108 valence electrons. The molecule has 0 aliphatic heterocycles. The van der Waals surface area contributed by atoms with Gasteiger partial charge >= 0.3 is 0 Å². The maximum atomic E-state index is 11.9. The van der Waals surface area contributed by atoms with Gasteiger partial charge in [0.1, 0.15) is 0 Å². The van der Waals surface area contributed by atoms with Crippen LogP contribution in [0.1, 0.15) is 11.3 Å². The predicted molar refractivity (Wildman–Crippen MR) is 83.2 cm³/mol. The van der Waals surface area contributed by atoms with Crippen molar-refractivity contribution in [3.63, 3.8) is 0 Å². The van der Waals surface area contributed by atoms with Gasteiger partial charge < -0.3 is 15.0 Å². The second-order valence-corrected chi connectivity index (χ2v) is 5.63. The van der Waals surface area contributed by atoms with Gasteiger partial charge in [-0.15, -0.1) is 11.8 Å². The van der Waals surface area contributed by atoms with E-state index in [2.05, 4.69) is 35.0 Å². The minimum Gasteiger partial charge on any atom is -0.395 e. The molecule has 0 fully saturated rings. The number of hydrogen-bond donors (Lipinski definition) is 2. The highest BCUT2D eigenvalue weighted by Crippen LogP contribution is 2.33. The first-order valence-corrected chi connectivity index (χ1v) is 7.80. The van der Waals surface area contributed by atoms with Crippen LogP contribution >= 0.6 is 11.8 Å². The SMILES string of the molecule is CSc1c(CC(=O)NCCO)n(C)c2ccc(C)cc12. The first-order valence-electron chi connectivity index (χ1n) is 6.58. The summed E-state index contributed by atoms with van der Waals surface area (Å²) in [7, 11) is 1.99. The summed E-state index contributed by atoms with van der Waals surface area (Å²) in [5.74, 6) is -0.0584. The Bertz CT molecular complexity index is 634. The highest BCUT2D eigenvalue weighted by Gasteiger charge is 2.17.